The Kier molecular flexibility index (Phi) is 6.83. The van der Waals surface area contributed by atoms with Gasteiger partial charge in [0.15, 0.2) is 0 Å². The van der Waals surface area contributed by atoms with Crippen molar-refractivity contribution in [1.29, 1.82) is 0 Å². The molecule has 2 saturated heterocycles. The van der Waals surface area contributed by atoms with E-state index in [2.05, 4.69) is 16.7 Å². The van der Waals surface area contributed by atoms with Crippen molar-refractivity contribution in [1.82, 2.24) is 9.80 Å². The monoisotopic (exact) mass is 304 g/mol. The van der Waals surface area contributed by atoms with Gasteiger partial charge in [-0.1, -0.05) is 6.92 Å². The number of unbranched alkanes of at least 4 members (excludes halogenated alkanes) is 1. The van der Waals surface area contributed by atoms with Crippen LogP contribution in [0.25, 0.3) is 0 Å². The normalized spacial score (nSPS) is 25.3. The van der Waals surface area contributed by atoms with Gasteiger partial charge in [-0.2, -0.15) is 0 Å². The van der Waals surface area contributed by atoms with Crippen LogP contribution < -0.4 is 0 Å². The Balaban J connectivity index is 1.46. The number of rotatable bonds is 7. The number of likely N-dealkylation sites (tertiary alicyclic amines) is 2. The average Bonchev–Trinajstić information content (AvgIpc) is 2.49. The smallest absolute Gasteiger partial charge is 0.250 e. The van der Waals surface area contributed by atoms with E-state index >= 15 is 0 Å². The molecule has 0 amide bonds. The molecule has 21 heavy (non-hydrogen) atoms. The quantitative estimate of drug-likeness (QED) is 0.673. The lowest BCUT2D eigenvalue weighted by Crippen LogP contribution is -2.39. The summed E-state index contributed by atoms with van der Waals surface area (Å²) in [5, 5.41) is 0. The number of alkyl halides is 2. The zero-order chi connectivity index (χ0) is 15.1. The molecular formula is C16H30F2N2O. The van der Waals surface area contributed by atoms with Crippen molar-refractivity contribution in [2.24, 2.45) is 0 Å². The molecule has 0 aliphatic carbocycles. The molecule has 0 aromatic heterocycles. The predicted molar refractivity (Wildman–Crippen MR) is 80.9 cm³/mol. The molecule has 3 nitrogen and oxygen atoms in total. The van der Waals surface area contributed by atoms with Crippen molar-refractivity contribution in [2.75, 3.05) is 45.9 Å². The number of piperidine rings is 2. The first kappa shape index (κ1) is 17.1. The van der Waals surface area contributed by atoms with E-state index in [0.29, 0.717) is 19.2 Å². The topological polar surface area (TPSA) is 15.7 Å². The molecule has 0 aromatic carbocycles. The number of nitrogens with zero attached hydrogens (tertiary/aromatic N) is 2. The minimum absolute atomic E-state index is 0.0273. The molecule has 2 rings (SSSR count). The van der Waals surface area contributed by atoms with Gasteiger partial charge in [-0.15, -0.1) is 0 Å². The number of ether oxygens (including phenoxy) is 1. The number of hydrogen-bond donors (Lipinski definition) is 0. The summed E-state index contributed by atoms with van der Waals surface area (Å²) < 4.78 is 32.0. The third kappa shape index (κ3) is 6.17. The summed E-state index contributed by atoms with van der Waals surface area (Å²) in [5.74, 6) is -2.42. The molecule has 2 aliphatic heterocycles. The second-order valence-corrected chi connectivity index (χ2v) is 6.41. The van der Waals surface area contributed by atoms with Crippen LogP contribution in [0.5, 0.6) is 0 Å². The summed E-state index contributed by atoms with van der Waals surface area (Å²) in [6.45, 7) is 8.51. The first-order valence-electron chi connectivity index (χ1n) is 8.53. The second kappa shape index (κ2) is 8.39. The molecule has 124 valence electrons. The highest BCUT2D eigenvalue weighted by Gasteiger charge is 2.33. The van der Waals surface area contributed by atoms with E-state index in [-0.39, 0.29) is 12.8 Å². The maximum absolute atomic E-state index is 13.0. The van der Waals surface area contributed by atoms with Crippen molar-refractivity contribution in [2.45, 2.75) is 57.5 Å². The molecule has 2 fully saturated rings. The largest absolute Gasteiger partial charge is 0.378 e. The molecular weight excluding hydrogens is 274 g/mol. The molecule has 0 N–H and O–H groups in total. The van der Waals surface area contributed by atoms with Gasteiger partial charge in [-0.3, -0.25) is 0 Å². The average molecular weight is 304 g/mol. The van der Waals surface area contributed by atoms with Crippen molar-refractivity contribution in [3.8, 4) is 0 Å². The van der Waals surface area contributed by atoms with Gasteiger partial charge in [0, 0.05) is 45.6 Å². The van der Waals surface area contributed by atoms with E-state index in [9.17, 15) is 8.78 Å². The maximum Gasteiger partial charge on any atom is 0.250 e. The van der Waals surface area contributed by atoms with Gasteiger partial charge < -0.3 is 14.5 Å². The van der Waals surface area contributed by atoms with Crippen LogP contribution in [-0.4, -0.2) is 67.7 Å². The molecule has 0 saturated carbocycles. The van der Waals surface area contributed by atoms with Crippen molar-refractivity contribution < 1.29 is 13.5 Å². The lowest BCUT2D eigenvalue weighted by molar-refractivity contribution is -0.0557. The Morgan fingerprint density at radius 2 is 1.67 bits per heavy atom. The SMILES string of the molecule is CCN1CCC(OCCCCN2CCC(F)(F)CC2)CC1. The highest BCUT2D eigenvalue weighted by Crippen LogP contribution is 2.27. The number of halogens is 2. The molecule has 0 radical (unpaired) electrons. The molecule has 0 spiro atoms. The van der Waals surface area contributed by atoms with E-state index in [4.69, 9.17) is 4.74 Å². The molecule has 2 heterocycles. The van der Waals surface area contributed by atoms with Crippen LogP contribution in [0, 0.1) is 0 Å². The van der Waals surface area contributed by atoms with Gasteiger partial charge >= 0.3 is 0 Å². The third-order valence-electron chi connectivity index (χ3n) is 4.79. The number of hydrogen-bond acceptors (Lipinski definition) is 3. The van der Waals surface area contributed by atoms with E-state index in [1.165, 1.54) is 0 Å². The summed E-state index contributed by atoms with van der Waals surface area (Å²) in [6, 6.07) is 0. The van der Waals surface area contributed by atoms with Crippen molar-refractivity contribution >= 4 is 0 Å². The zero-order valence-electron chi connectivity index (χ0n) is 13.3. The van der Waals surface area contributed by atoms with Gasteiger partial charge in [-0.25, -0.2) is 8.78 Å². The highest BCUT2D eigenvalue weighted by atomic mass is 19.3. The molecule has 0 aromatic rings. The van der Waals surface area contributed by atoms with Crippen LogP contribution in [0.4, 0.5) is 8.78 Å². The minimum Gasteiger partial charge on any atom is -0.378 e. The molecule has 0 bridgehead atoms. The van der Waals surface area contributed by atoms with Gasteiger partial charge in [0.25, 0.3) is 5.92 Å². The Morgan fingerprint density at radius 1 is 1.00 bits per heavy atom. The maximum atomic E-state index is 13.0. The van der Waals surface area contributed by atoms with Gasteiger partial charge in [0.2, 0.25) is 0 Å². The fraction of sp³-hybridized carbons (Fsp3) is 1.00. The molecule has 0 unspecified atom stereocenters. The Labute approximate surface area is 127 Å². The first-order chi connectivity index (χ1) is 10.1. The van der Waals surface area contributed by atoms with Crippen LogP contribution in [0.1, 0.15) is 45.4 Å². The second-order valence-electron chi connectivity index (χ2n) is 6.41. The van der Waals surface area contributed by atoms with Crippen LogP contribution >= 0.6 is 0 Å². The van der Waals surface area contributed by atoms with Gasteiger partial charge in [-0.05, 0) is 38.8 Å². The van der Waals surface area contributed by atoms with Crippen LogP contribution in [-0.2, 0) is 4.74 Å². The van der Waals surface area contributed by atoms with Gasteiger partial charge in [0.1, 0.15) is 0 Å². The van der Waals surface area contributed by atoms with E-state index in [1.807, 2.05) is 0 Å². The lowest BCUT2D eigenvalue weighted by Gasteiger charge is -2.32. The Hall–Kier alpha value is -0.260. The van der Waals surface area contributed by atoms with Crippen molar-refractivity contribution in [3.05, 3.63) is 0 Å². The van der Waals surface area contributed by atoms with E-state index < -0.39 is 5.92 Å². The zero-order valence-corrected chi connectivity index (χ0v) is 13.3. The third-order valence-corrected chi connectivity index (χ3v) is 4.79. The van der Waals surface area contributed by atoms with E-state index in [0.717, 1.165) is 58.5 Å². The summed E-state index contributed by atoms with van der Waals surface area (Å²) in [4.78, 5) is 4.63. The standard InChI is InChI=1S/C16H30F2N2O/c1-2-19-10-5-15(6-11-19)21-14-4-3-9-20-12-7-16(17,18)8-13-20/h15H,2-14H2,1H3. The minimum atomic E-state index is -2.42. The summed E-state index contributed by atoms with van der Waals surface area (Å²) >= 11 is 0. The Morgan fingerprint density at radius 3 is 2.29 bits per heavy atom. The predicted octanol–water partition coefficient (Wildman–Crippen LogP) is 3.00. The van der Waals surface area contributed by atoms with Crippen molar-refractivity contribution in [3.63, 3.8) is 0 Å². The van der Waals surface area contributed by atoms with E-state index in [1.54, 1.807) is 0 Å². The van der Waals surface area contributed by atoms with Gasteiger partial charge in [0.05, 0.1) is 6.10 Å². The summed E-state index contributed by atoms with van der Waals surface area (Å²) in [5.41, 5.74) is 0. The summed E-state index contributed by atoms with van der Waals surface area (Å²) in [7, 11) is 0. The molecule has 2 aliphatic rings. The van der Waals surface area contributed by atoms with Crippen LogP contribution in [0.15, 0.2) is 0 Å². The lowest BCUT2D eigenvalue weighted by atomic mass is 10.1. The fourth-order valence-electron chi connectivity index (χ4n) is 3.18. The van der Waals surface area contributed by atoms with Crippen LogP contribution in [0.2, 0.25) is 0 Å². The molecule has 5 heteroatoms. The molecule has 0 atom stereocenters. The summed E-state index contributed by atoms with van der Waals surface area (Å²) in [6.07, 6.45) is 4.88. The Bertz CT molecular complexity index is 284. The fourth-order valence-corrected chi connectivity index (χ4v) is 3.18. The highest BCUT2D eigenvalue weighted by molar-refractivity contribution is 4.77. The van der Waals surface area contributed by atoms with Crippen LogP contribution in [0.3, 0.4) is 0 Å². The first-order valence-corrected chi connectivity index (χ1v) is 8.53.